The highest BCUT2D eigenvalue weighted by atomic mass is 14.1. The first kappa shape index (κ1) is 23.7. The second-order valence-corrected chi connectivity index (χ2v) is 7.54. The zero-order valence-corrected chi connectivity index (χ0v) is 16.9. The zero-order valence-electron chi connectivity index (χ0n) is 16.9. The summed E-state index contributed by atoms with van der Waals surface area (Å²) in [6.07, 6.45) is 29.2. The van der Waals surface area contributed by atoms with E-state index in [0.717, 1.165) is 18.8 Å². The summed E-state index contributed by atoms with van der Waals surface area (Å²) >= 11 is 0. The van der Waals surface area contributed by atoms with Crippen molar-refractivity contribution in [1.29, 1.82) is 0 Å². The molecular formula is C24H46. The molecule has 0 aliphatic carbocycles. The third-order valence-electron chi connectivity index (χ3n) is 5.07. The van der Waals surface area contributed by atoms with Crippen LogP contribution in [-0.4, -0.2) is 0 Å². The van der Waals surface area contributed by atoms with Crippen molar-refractivity contribution in [3.63, 3.8) is 0 Å². The molecule has 1 unspecified atom stereocenters. The van der Waals surface area contributed by atoms with Gasteiger partial charge in [0.05, 0.1) is 0 Å². The summed E-state index contributed by atoms with van der Waals surface area (Å²) in [4.78, 5) is 0. The molecule has 0 aromatic heterocycles. The van der Waals surface area contributed by atoms with Crippen LogP contribution in [-0.2, 0) is 0 Å². The Hall–Kier alpha value is -0.260. The summed E-state index contributed by atoms with van der Waals surface area (Å²) in [7, 11) is 0. The maximum absolute atomic E-state index is 3.97. The molecule has 0 spiro atoms. The van der Waals surface area contributed by atoms with Crippen LogP contribution < -0.4 is 0 Å². The van der Waals surface area contributed by atoms with Gasteiger partial charge in [-0.25, -0.2) is 0 Å². The summed E-state index contributed by atoms with van der Waals surface area (Å²) < 4.78 is 0. The minimum atomic E-state index is 0.904. The molecule has 0 N–H and O–H groups in total. The molecule has 0 aliphatic heterocycles. The Morgan fingerprint density at radius 1 is 0.625 bits per heavy atom. The summed E-state index contributed by atoms with van der Waals surface area (Å²) in [6, 6.07) is 0. The minimum absolute atomic E-state index is 0.904. The van der Waals surface area contributed by atoms with Crippen molar-refractivity contribution in [1.82, 2.24) is 0 Å². The van der Waals surface area contributed by atoms with Crippen molar-refractivity contribution < 1.29 is 0 Å². The SMILES string of the molecule is [CH2]CCCCCCCCCCCCC=CCC(CCC)CCC[CH2]. The Balaban J connectivity index is 3.33. The molecule has 1 atom stereocenters. The van der Waals surface area contributed by atoms with Crippen molar-refractivity contribution >= 4 is 0 Å². The van der Waals surface area contributed by atoms with Gasteiger partial charge in [-0.2, -0.15) is 0 Å². The number of allylic oxidation sites excluding steroid dienone is 2. The van der Waals surface area contributed by atoms with Gasteiger partial charge >= 0.3 is 0 Å². The third-order valence-corrected chi connectivity index (χ3v) is 5.07. The van der Waals surface area contributed by atoms with Gasteiger partial charge < -0.3 is 0 Å². The van der Waals surface area contributed by atoms with Crippen molar-refractivity contribution in [2.45, 2.75) is 122 Å². The van der Waals surface area contributed by atoms with E-state index in [4.69, 9.17) is 0 Å². The van der Waals surface area contributed by atoms with E-state index in [0.29, 0.717) is 0 Å². The molecule has 0 saturated carbocycles. The third kappa shape index (κ3) is 18.1. The van der Waals surface area contributed by atoms with Gasteiger partial charge in [0.15, 0.2) is 0 Å². The number of hydrogen-bond acceptors (Lipinski definition) is 0. The van der Waals surface area contributed by atoms with E-state index in [-0.39, 0.29) is 0 Å². The lowest BCUT2D eigenvalue weighted by molar-refractivity contribution is 0.437. The van der Waals surface area contributed by atoms with Crippen molar-refractivity contribution in [2.24, 2.45) is 5.92 Å². The molecule has 2 radical (unpaired) electrons. The summed E-state index contributed by atoms with van der Waals surface area (Å²) in [5.74, 6) is 0.904. The fourth-order valence-corrected chi connectivity index (χ4v) is 3.48. The van der Waals surface area contributed by atoms with E-state index in [1.54, 1.807) is 0 Å². The second kappa shape index (κ2) is 20.8. The monoisotopic (exact) mass is 334 g/mol. The molecule has 0 bridgehead atoms. The first-order valence-electron chi connectivity index (χ1n) is 11.1. The van der Waals surface area contributed by atoms with E-state index in [1.807, 2.05) is 0 Å². The molecule has 142 valence electrons. The van der Waals surface area contributed by atoms with Crippen LogP contribution in [0.3, 0.4) is 0 Å². The van der Waals surface area contributed by atoms with Crippen LogP contribution in [0.4, 0.5) is 0 Å². The normalized spacial score (nSPS) is 13.0. The van der Waals surface area contributed by atoms with Crippen LogP contribution in [0.5, 0.6) is 0 Å². The Kier molecular flexibility index (Phi) is 20.6. The molecule has 0 amide bonds. The van der Waals surface area contributed by atoms with Gasteiger partial charge in [-0.1, -0.05) is 129 Å². The zero-order chi connectivity index (χ0) is 17.7. The van der Waals surface area contributed by atoms with Crippen molar-refractivity contribution in [2.75, 3.05) is 0 Å². The molecule has 24 heavy (non-hydrogen) atoms. The lowest BCUT2D eigenvalue weighted by Crippen LogP contribution is -1.98. The van der Waals surface area contributed by atoms with Gasteiger partial charge in [0.2, 0.25) is 0 Å². The Morgan fingerprint density at radius 3 is 1.71 bits per heavy atom. The maximum atomic E-state index is 3.97. The van der Waals surface area contributed by atoms with Crippen LogP contribution in [0.15, 0.2) is 12.2 Å². The Labute approximate surface area is 154 Å². The maximum Gasteiger partial charge on any atom is -0.0322 e. The van der Waals surface area contributed by atoms with Gasteiger partial charge in [0.25, 0.3) is 0 Å². The standard InChI is InChI=1S/C24H46/c1-4-7-9-10-11-12-13-14-15-16-17-18-19-20-23-24(21-6-3)22-8-5-2/h19-20,24H,1-2,4-18,21-23H2,3H3. The van der Waals surface area contributed by atoms with Crippen LogP contribution >= 0.6 is 0 Å². The first-order chi connectivity index (χ1) is 11.8. The Bertz CT molecular complexity index is 240. The molecule has 0 heterocycles. The molecule has 0 aromatic rings. The van der Waals surface area contributed by atoms with E-state index in [1.165, 1.54) is 103 Å². The van der Waals surface area contributed by atoms with Crippen LogP contribution in [0, 0.1) is 19.8 Å². The fraction of sp³-hybridized carbons (Fsp3) is 0.833. The fourth-order valence-electron chi connectivity index (χ4n) is 3.48. The van der Waals surface area contributed by atoms with Crippen LogP contribution in [0.2, 0.25) is 0 Å². The molecular weight excluding hydrogens is 288 g/mol. The molecule has 0 fully saturated rings. The predicted octanol–water partition coefficient (Wildman–Crippen LogP) is 8.87. The predicted molar refractivity (Wildman–Crippen MR) is 112 cm³/mol. The quantitative estimate of drug-likeness (QED) is 0.163. The number of unbranched alkanes of at least 4 members (excludes halogenated alkanes) is 12. The molecule has 0 heteroatoms. The van der Waals surface area contributed by atoms with Crippen molar-refractivity contribution in [3.05, 3.63) is 26.0 Å². The smallest absolute Gasteiger partial charge is 0.0322 e. The summed E-state index contributed by atoms with van der Waals surface area (Å²) in [5, 5.41) is 0. The van der Waals surface area contributed by atoms with E-state index < -0.39 is 0 Å². The van der Waals surface area contributed by atoms with Crippen molar-refractivity contribution in [3.8, 4) is 0 Å². The second-order valence-electron chi connectivity index (χ2n) is 7.54. The van der Waals surface area contributed by atoms with Gasteiger partial charge in [0.1, 0.15) is 0 Å². The van der Waals surface area contributed by atoms with Gasteiger partial charge in [-0.05, 0) is 25.2 Å². The average Bonchev–Trinajstić information content (AvgIpc) is 2.59. The van der Waals surface area contributed by atoms with Gasteiger partial charge in [-0.3, -0.25) is 0 Å². The lowest BCUT2D eigenvalue weighted by Gasteiger charge is -2.12. The Morgan fingerprint density at radius 2 is 1.17 bits per heavy atom. The topological polar surface area (TPSA) is 0 Å². The first-order valence-corrected chi connectivity index (χ1v) is 11.1. The average molecular weight is 335 g/mol. The molecule has 0 nitrogen and oxygen atoms in total. The molecule has 0 rings (SSSR count). The highest BCUT2D eigenvalue weighted by Gasteiger charge is 2.04. The van der Waals surface area contributed by atoms with E-state index in [2.05, 4.69) is 32.9 Å². The number of hydrogen-bond donors (Lipinski definition) is 0. The van der Waals surface area contributed by atoms with Gasteiger partial charge in [0, 0.05) is 0 Å². The van der Waals surface area contributed by atoms with Crippen LogP contribution in [0.1, 0.15) is 122 Å². The van der Waals surface area contributed by atoms with Crippen LogP contribution in [0.25, 0.3) is 0 Å². The summed E-state index contributed by atoms with van der Waals surface area (Å²) in [5.41, 5.74) is 0. The molecule has 0 aliphatic rings. The highest BCUT2D eigenvalue weighted by molar-refractivity contribution is 4.84. The molecule has 0 saturated heterocycles. The van der Waals surface area contributed by atoms with Gasteiger partial charge in [-0.15, -0.1) is 0 Å². The lowest BCUT2D eigenvalue weighted by atomic mass is 9.93. The molecule has 0 aromatic carbocycles. The summed E-state index contributed by atoms with van der Waals surface area (Å²) in [6.45, 7) is 10.2. The van der Waals surface area contributed by atoms with E-state index >= 15 is 0 Å². The minimum Gasteiger partial charge on any atom is -0.0885 e. The van der Waals surface area contributed by atoms with E-state index in [9.17, 15) is 0 Å². The number of rotatable bonds is 19. The highest BCUT2D eigenvalue weighted by Crippen LogP contribution is 2.19. The largest absolute Gasteiger partial charge is 0.0885 e.